The maximum Gasteiger partial charge on any atom is 0.340 e. The van der Waals surface area contributed by atoms with Gasteiger partial charge in [-0.3, -0.25) is 0 Å². The highest BCUT2D eigenvalue weighted by Gasteiger charge is 2.25. The van der Waals surface area contributed by atoms with Crippen molar-refractivity contribution in [3.63, 3.8) is 0 Å². The van der Waals surface area contributed by atoms with Crippen LogP contribution in [0.3, 0.4) is 0 Å². The van der Waals surface area contributed by atoms with Crippen LogP contribution in [0.1, 0.15) is 43.0 Å². The van der Waals surface area contributed by atoms with Gasteiger partial charge in [-0.1, -0.05) is 12.8 Å². The molecule has 1 saturated heterocycles. The van der Waals surface area contributed by atoms with Crippen molar-refractivity contribution in [3.8, 4) is 0 Å². The van der Waals surface area contributed by atoms with E-state index in [9.17, 15) is 14.3 Å². The van der Waals surface area contributed by atoms with Crippen LogP contribution in [0.25, 0.3) is 0 Å². The minimum absolute atomic E-state index is 0.117. The molecule has 4 nitrogen and oxygen atoms in total. The largest absolute Gasteiger partial charge is 0.478 e. The zero-order chi connectivity index (χ0) is 14.0. The Morgan fingerprint density at radius 2 is 2.16 bits per heavy atom. The zero-order valence-electron chi connectivity index (χ0n) is 11.0. The summed E-state index contributed by atoms with van der Waals surface area (Å²) in [5.74, 6) is -1.85. The van der Waals surface area contributed by atoms with E-state index in [1.165, 1.54) is 12.1 Å². The van der Waals surface area contributed by atoms with Gasteiger partial charge in [0.05, 0.1) is 11.4 Å². The number of carboxylic acid groups (broad SMARTS) is 1. The number of benzene rings is 1. The SMILES string of the molecule is CC1CCCCCN1c1ccc(F)c(N)c1C(=O)O. The van der Waals surface area contributed by atoms with Gasteiger partial charge in [-0.05, 0) is 31.9 Å². The molecule has 1 atom stereocenters. The summed E-state index contributed by atoms with van der Waals surface area (Å²) >= 11 is 0. The molecular weight excluding hydrogens is 247 g/mol. The van der Waals surface area contributed by atoms with Crippen LogP contribution in [0.15, 0.2) is 12.1 Å². The van der Waals surface area contributed by atoms with Crippen molar-refractivity contribution in [2.75, 3.05) is 17.2 Å². The molecule has 104 valence electrons. The Hall–Kier alpha value is -1.78. The van der Waals surface area contributed by atoms with E-state index in [0.29, 0.717) is 5.69 Å². The lowest BCUT2D eigenvalue weighted by Gasteiger charge is -2.31. The number of halogens is 1. The molecule has 0 bridgehead atoms. The fourth-order valence-electron chi connectivity index (χ4n) is 2.68. The molecule has 0 saturated carbocycles. The van der Waals surface area contributed by atoms with Gasteiger partial charge in [-0.2, -0.15) is 0 Å². The summed E-state index contributed by atoms with van der Waals surface area (Å²) in [6.45, 7) is 2.85. The average Bonchev–Trinajstić information content (AvgIpc) is 2.57. The van der Waals surface area contributed by atoms with Gasteiger partial charge in [0.25, 0.3) is 0 Å². The van der Waals surface area contributed by atoms with Crippen molar-refractivity contribution in [2.45, 2.75) is 38.6 Å². The van der Waals surface area contributed by atoms with Gasteiger partial charge in [0.15, 0.2) is 0 Å². The van der Waals surface area contributed by atoms with Gasteiger partial charge in [0, 0.05) is 12.6 Å². The van der Waals surface area contributed by atoms with E-state index in [-0.39, 0.29) is 17.3 Å². The Labute approximate surface area is 112 Å². The third-order valence-electron chi connectivity index (χ3n) is 3.75. The van der Waals surface area contributed by atoms with E-state index in [1.54, 1.807) is 0 Å². The Kier molecular flexibility index (Phi) is 3.93. The molecule has 1 aliphatic heterocycles. The fraction of sp³-hybridized carbons (Fsp3) is 0.500. The molecule has 5 heteroatoms. The van der Waals surface area contributed by atoms with Gasteiger partial charge in [0.1, 0.15) is 11.4 Å². The Morgan fingerprint density at radius 3 is 2.84 bits per heavy atom. The van der Waals surface area contributed by atoms with Crippen molar-refractivity contribution in [2.24, 2.45) is 0 Å². The number of anilines is 2. The third kappa shape index (κ3) is 2.64. The number of hydrogen-bond acceptors (Lipinski definition) is 3. The van der Waals surface area contributed by atoms with Gasteiger partial charge < -0.3 is 15.7 Å². The molecule has 0 radical (unpaired) electrons. The van der Waals surface area contributed by atoms with Gasteiger partial charge in [-0.25, -0.2) is 9.18 Å². The lowest BCUT2D eigenvalue weighted by atomic mass is 10.1. The van der Waals surface area contributed by atoms with E-state index in [0.717, 1.165) is 32.2 Å². The van der Waals surface area contributed by atoms with Crippen LogP contribution in [0.4, 0.5) is 15.8 Å². The number of carboxylic acids is 1. The Morgan fingerprint density at radius 1 is 1.42 bits per heavy atom. The van der Waals surface area contributed by atoms with E-state index in [4.69, 9.17) is 5.73 Å². The molecule has 0 aliphatic carbocycles. The quantitative estimate of drug-likeness (QED) is 0.808. The standard InChI is InChI=1S/C14H19FN2O2/c1-9-5-3-2-4-8-17(9)11-7-6-10(15)13(16)12(11)14(18)19/h6-7,9H,2-5,8,16H2,1H3,(H,18,19). The van der Waals surface area contributed by atoms with Crippen LogP contribution in [0.2, 0.25) is 0 Å². The van der Waals surface area contributed by atoms with E-state index in [1.807, 2.05) is 4.90 Å². The van der Waals surface area contributed by atoms with Crippen molar-refractivity contribution >= 4 is 17.3 Å². The highest BCUT2D eigenvalue weighted by molar-refractivity contribution is 6.00. The normalized spacial score (nSPS) is 20.1. The predicted octanol–water partition coefficient (Wildman–Crippen LogP) is 2.88. The summed E-state index contributed by atoms with van der Waals surface area (Å²) in [5, 5.41) is 9.28. The van der Waals surface area contributed by atoms with E-state index >= 15 is 0 Å². The van der Waals surface area contributed by atoms with Gasteiger partial charge >= 0.3 is 5.97 Å². The smallest absolute Gasteiger partial charge is 0.340 e. The number of nitrogens with zero attached hydrogens (tertiary/aromatic N) is 1. The lowest BCUT2D eigenvalue weighted by Crippen LogP contribution is -2.34. The second kappa shape index (κ2) is 5.47. The molecule has 1 fully saturated rings. The topological polar surface area (TPSA) is 66.6 Å². The Balaban J connectivity index is 2.48. The molecule has 3 N–H and O–H groups in total. The average molecular weight is 266 g/mol. The number of rotatable bonds is 2. The highest BCUT2D eigenvalue weighted by atomic mass is 19.1. The zero-order valence-corrected chi connectivity index (χ0v) is 11.0. The van der Waals surface area contributed by atoms with Crippen molar-refractivity contribution in [3.05, 3.63) is 23.5 Å². The number of nitrogens with two attached hydrogens (primary N) is 1. The number of aromatic carboxylic acids is 1. The summed E-state index contributed by atoms with van der Waals surface area (Å²) < 4.78 is 13.5. The summed E-state index contributed by atoms with van der Waals surface area (Å²) in [6.07, 6.45) is 4.30. The monoisotopic (exact) mass is 266 g/mol. The van der Waals surface area contributed by atoms with Crippen LogP contribution in [0, 0.1) is 5.82 Å². The highest BCUT2D eigenvalue weighted by Crippen LogP contribution is 2.32. The first kappa shape index (κ1) is 13.6. The van der Waals surface area contributed by atoms with E-state index in [2.05, 4.69) is 6.92 Å². The molecule has 19 heavy (non-hydrogen) atoms. The van der Waals surface area contributed by atoms with Crippen LogP contribution < -0.4 is 10.6 Å². The summed E-state index contributed by atoms with van der Waals surface area (Å²) in [6, 6.07) is 3.01. The number of carbonyl (C=O) groups is 1. The molecule has 1 aromatic carbocycles. The molecular formula is C14H19FN2O2. The first-order chi connectivity index (χ1) is 9.02. The molecule has 1 heterocycles. The van der Waals surface area contributed by atoms with E-state index < -0.39 is 11.8 Å². The Bertz CT molecular complexity index is 491. The molecule has 1 unspecified atom stereocenters. The lowest BCUT2D eigenvalue weighted by molar-refractivity contribution is 0.0698. The molecule has 0 aromatic heterocycles. The van der Waals surface area contributed by atoms with Crippen LogP contribution in [-0.2, 0) is 0 Å². The second-order valence-corrected chi connectivity index (χ2v) is 5.05. The maximum absolute atomic E-state index is 13.5. The summed E-state index contributed by atoms with van der Waals surface area (Å²) in [7, 11) is 0. The second-order valence-electron chi connectivity index (χ2n) is 5.05. The predicted molar refractivity (Wildman–Crippen MR) is 73.0 cm³/mol. The molecule has 0 amide bonds. The molecule has 1 aliphatic rings. The summed E-state index contributed by atoms with van der Waals surface area (Å²) in [4.78, 5) is 13.4. The van der Waals surface area contributed by atoms with Gasteiger partial charge in [-0.15, -0.1) is 0 Å². The minimum Gasteiger partial charge on any atom is -0.478 e. The first-order valence-electron chi connectivity index (χ1n) is 6.60. The van der Waals surface area contributed by atoms with Crippen LogP contribution in [-0.4, -0.2) is 23.7 Å². The van der Waals surface area contributed by atoms with Crippen LogP contribution >= 0.6 is 0 Å². The van der Waals surface area contributed by atoms with Crippen molar-refractivity contribution in [1.82, 2.24) is 0 Å². The number of hydrogen-bond donors (Lipinski definition) is 2. The maximum atomic E-state index is 13.5. The third-order valence-corrected chi connectivity index (χ3v) is 3.75. The minimum atomic E-state index is -1.18. The van der Waals surface area contributed by atoms with Crippen LogP contribution in [0.5, 0.6) is 0 Å². The first-order valence-corrected chi connectivity index (χ1v) is 6.60. The fourth-order valence-corrected chi connectivity index (χ4v) is 2.68. The van der Waals surface area contributed by atoms with Gasteiger partial charge in [0.2, 0.25) is 0 Å². The van der Waals surface area contributed by atoms with Crippen molar-refractivity contribution < 1.29 is 14.3 Å². The molecule has 2 rings (SSSR count). The van der Waals surface area contributed by atoms with Crippen molar-refractivity contribution in [1.29, 1.82) is 0 Å². The molecule has 0 spiro atoms. The summed E-state index contributed by atoms with van der Waals surface area (Å²) in [5.41, 5.74) is 5.73. The molecule has 1 aromatic rings. The number of nitrogen functional groups attached to an aromatic ring is 1.